The number of rotatable bonds is 5. The number of methoxy groups -OCH3 is 1. The molecule has 1 aliphatic heterocycles. The lowest BCUT2D eigenvalue weighted by molar-refractivity contribution is -0.122. The highest BCUT2D eigenvalue weighted by Crippen LogP contribution is 2.42. The lowest BCUT2D eigenvalue weighted by Crippen LogP contribution is -2.35. The van der Waals surface area contributed by atoms with Gasteiger partial charge in [-0.1, -0.05) is 18.2 Å². The largest absolute Gasteiger partial charge is 0.497 e. The Bertz CT molecular complexity index is 874. The van der Waals surface area contributed by atoms with Gasteiger partial charge in [-0.15, -0.1) is 0 Å². The fraction of sp³-hybridized carbons (Fsp3) is 0.333. The maximum Gasteiger partial charge on any atom is 0.277 e. The van der Waals surface area contributed by atoms with Gasteiger partial charge in [0, 0.05) is 18.3 Å². The molecule has 0 fully saturated rings. The Kier molecular flexibility index (Phi) is 4.93. The van der Waals surface area contributed by atoms with Crippen molar-refractivity contribution in [3.63, 3.8) is 0 Å². The first-order chi connectivity index (χ1) is 12.8. The van der Waals surface area contributed by atoms with Crippen molar-refractivity contribution in [2.75, 3.05) is 26.2 Å². The molecule has 0 saturated heterocycles. The third kappa shape index (κ3) is 3.28. The van der Waals surface area contributed by atoms with Gasteiger partial charge >= 0.3 is 0 Å². The lowest BCUT2D eigenvalue weighted by Gasteiger charge is -2.21. The predicted molar refractivity (Wildman–Crippen MR) is 103 cm³/mol. The zero-order valence-electron chi connectivity index (χ0n) is 16.3. The van der Waals surface area contributed by atoms with Crippen LogP contribution in [-0.2, 0) is 21.6 Å². The van der Waals surface area contributed by atoms with Crippen molar-refractivity contribution in [2.24, 2.45) is 0 Å². The molecule has 1 heterocycles. The highest BCUT2D eigenvalue weighted by molar-refractivity contribution is 6.08. The van der Waals surface area contributed by atoms with Crippen molar-refractivity contribution in [1.29, 1.82) is 0 Å². The first kappa shape index (κ1) is 18.9. The molecular weight excluding hydrogens is 344 g/mol. The number of benzene rings is 2. The van der Waals surface area contributed by atoms with Gasteiger partial charge in [0.05, 0.1) is 26.2 Å². The lowest BCUT2D eigenvalue weighted by atomic mass is 9.86. The normalized spacial score (nSPS) is 14.9. The van der Waals surface area contributed by atoms with Crippen molar-refractivity contribution in [1.82, 2.24) is 5.06 Å². The van der Waals surface area contributed by atoms with Crippen molar-refractivity contribution in [3.05, 3.63) is 59.2 Å². The van der Waals surface area contributed by atoms with Crippen molar-refractivity contribution >= 4 is 17.5 Å². The number of amides is 2. The Morgan fingerprint density at radius 3 is 2.37 bits per heavy atom. The van der Waals surface area contributed by atoms with Crippen LogP contribution in [0.4, 0.5) is 5.69 Å². The van der Waals surface area contributed by atoms with Crippen LogP contribution in [0.5, 0.6) is 5.75 Å². The Morgan fingerprint density at radius 1 is 1.11 bits per heavy atom. The van der Waals surface area contributed by atoms with Crippen LogP contribution in [0.3, 0.4) is 0 Å². The number of hydrogen-bond acceptors (Lipinski definition) is 4. The molecule has 0 spiro atoms. The molecule has 0 atom stereocenters. The second kappa shape index (κ2) is 7.04. The zero-order valence-corrected chi connectivity index (χ0v) is 16.3. The average molecular weight is 368 g/mol. The molecule has 27 heavy (non-hydrogen) atoms. The highest BCUT2D eigenvalue weighted by atomic mass is 16.7. The third-order valence-corrected chi connectivity index (χ3v) is 5.05. The number of fused-ring (bicyclic) bond motifs is 1. The fourth-order valence-electron chi connectivity index (χ4n) is 3.31. The topological polar surface area (TPSA) is 59.1 Å². The van der Waals surface area contributed by atoms with E-state index in [9.17, 15) is 9.59 Å². The van der Waals surface area contributed by atoms with Crippen LogP contribution in [0.1, 0.15) is 35.3 Å². The van der Waals surface area contributed by atoms with Crippen LogP contribution in [0.2, 0.25) is 0 Å². The zero-order chi connectivity index (χ0) is 19.8. The standard InChI is InChI=1S/C21H24N2O4/c1-21(2)17-11-8-15(19(24)22(3)27-5)12-18(17)23(20(21)25)13-14-6-9-16(26-4)10-7-14/h6-12H,13H2,1-5H3. The van der Waals surface area contributed by atoms with E-state index in [-0.39, 0.29) is 11.8 Å². The Balaban J connectivity index is 1.98. The van der Waals surface area contributed by atoms with Gasteiger partial charge in [0.2, 0.25) is 5.91 Å². The Labute approximate surface area is 159 Å². The molecule has 6 heteroatoms. The minimum atomic E-state index is -0.642. The molecule has 2 aromatic rings. The molecule has 0 N–H and O–H groups in total. The number of anilines is 1. The van der Waals surface area contributed by atoms with Gasteiger partial charge in [-0.2, -0.15) is 0 Å². The molecule has 0 aromatic heterocycles. The summed E-state index contributed by atoms with van der Waals surface area (Å²) >= 11 is 0. The summed E-state index contributed by atoms with van der Waals surface area (Å²) in [5.74, 6) is 0.516. The summed E-state index contributed by atoms with van der Waals surface area (Å²) < 4.78 is 5.19. The van der Waals surface area contributed by atoms with E-state index < -0.39 is 5.41 Å². The van der Waals surface area contributed by atoms with Crippen LogP contribution in [0.25, 0.3) is 0 Å². The predicted octanol–water partition coefficient (Wildman–Crippen LogP) is 3.15. The second-order valence-electron chi connectivity index (χ2n) is 7.08. The van der Waals surface area contributed by atoms with Gasteiger partial charge in [0.25, 0.3) is 5.91 Å². The molecule has 3 rings (SSSR count). The quantitative estimate of drug-likeness (QED) is 0.761. The molecule has 0 bridgehead atoms. The number of carbonyl (C=O) groups is 2. The number of nitrogens with zero attached hydrogens (tertiary/aromatic N) is 2. The summed E-state index contributed by atoms with van der Waals surface area (Å²) in [7, 11) is 4.61. The van der Waals surface area contributed by atoms with Crippen molar-refractivity contribution < 1.29 is 19.2 Å². The molecule has 142 valence electrons. The van der Waals surface area contributed by atoms with Gasteiger partial charge < -0.3 is 9.64 Å². The minimum Gasteiger partial charge on any atom is -0.497 e. The van der Waals surface area contributed by atoms with Crippen LogP contribution in [-0.4, -0.2) is 38.1 Å². The highest BCUT2D eigenvalue weighted by Gasteiger charge is 2.44. The van der Waals surface area contributed by atoms with Crippen LogP contribution >= 0.6 is 0 Å². The van der Waals surface area contributed by atoms with Crippen LogP contribution < -0.4 is 9.64 Å². The first-order valence-electron chi connectivity index (χ1n) is 8.71. The van der Waals surface area contributed by atoms with E-state index in [2.05, 4.69) is 0 Å². The summed E-state index contributed by atoms with van der Waals surface area (Å²) in [6.45, 7) is 4.24. The van der Waals surface area contributed by atoms with Gasteiger partial charge in [-0.05, 0) is 49.2 Å². The molecule has 2 aromatic carbocycles. The third-order valence-electron chi connectivity index (χ3n) is 5.05. The first-order valence-corrected chi connectivity index (χ1v) is 8.71. The van der Waals surface area contributed by atoms with Crippen molar-refractivity contribution in [3.8, 4) is 5.75 Å². The van der Waals surface area contributed by atoms with E-state index >= 15 is 0 Å². The maximum atomic E-state index is 13.1. The summed E-state index contributed by atoms with van der Waals surface area (Å²) in [6.07, 6.45) is 0. The van der Waals surface area contributed by atoms with Gasteiger partial charge in [0.15, 0.2) is 0 Å². The monoisotopic (exact) mass is 368 g/mol. The number of hydroxylamine groups is 2. The summed E-state index contributed by atoms with van der Waals surface area (Å²) in [6, 6.07) is 13.0. The fourth-order valence-corrected chi connectivity index (χ4v) is 3.31. The molecule has 0 unspecified atom stereocenters. The molecule has 6 nitrogen and oxygen atoms in total. The van der Waals surface area contributed by atoms with Crippen LogP contribution in [0.15, 0.2) is 42.5 Å². The SMILES string of the molecule is COc1ccc(CN2C(=O)C(C)(C)c3ccc(C(=O)N(C)OC)cc32)cc1. The molecule has 2 amide bonds. The number of carbonyl (C=O) groups excluding carboxylic acids is 2. The molecule has 0 aliphatic carbocycles. The molecule has 1 aliphatic rings. The average Bonchev–Trinajstić information content (AvgIpc) is 2.87. The summed E-state index contributed by atoms with van der Waals surface area (Å²) in [4.78, 5) is 32.2. The van der Waals surface area contributed by atoms with E-state index in [0.717, 1.165) is 27.6 Å². The van der Waals surface area contributed by atoms with Crippen LogP contribution in [0, 0.1) is 0 Å². The molecular formula is C21H24N2O4. The molecule has 0 radical (unpaired) electrons. The van der Waals surface area contributed by atoms with E-state index in [1.165, 1.54) is 7.11 Å². The Morgan fingerprint density at radius 2 is 1.78 bits per heavy atom. The minimum absolute atomic E-state index is 0.0120. The van der Waals surface area contributed by atoms with Gasteiger partial charge in [0.1, 0.15) is 5.75 Å². The smallest absolute Gasteiger partial charge is 0.277 e. The van der Waals surface area contributed by atoms with Gasteiger partial charge in [-0.25, -0.2) is 5.06 Å². The Hall–Kier alpha value is -2.86. The number of hydrogen-bond donors (Lipinski definition) is 0. The summed E-state index contributed by atoms with van der Waals surface area (Å²) in [5, 5.41) is 1.16. The van der Waals surface area contributed by atoms with Gasteiger partial charge in [-0.3, -0.25) is 14.4 Å². The summed E-state index contributed by atoms with van der Waals surface area (Å²) in [5.41, 5.74) is 2.49. The van der Waals surface area contributed by atoms with E-state index in [0.29, 0.717) is 12.1 Å². The second-order valence-corrected chi connectivity index (χ2v) is 7.08. The van der Waals surface area contributed by atoms with Crippen molar-refractivity contribution in [2.45, 2.75) is 25.8 Å². The maximum absolute atomic E-state index is 13.1. The molecule has 0 saturated carbocycles. The number of ether oxygens (including phenoxy) is 1. The van der Waals surface area contributed by atoms with E-state index in [1.807, 2.05) is 44.2 Å². The van der Waals surface area contributed by atoms with E-state index in [1.54, 1.807) is 31.2 Å². The van der Waals surface area contributed by atoms with E-state index in [4.69, 9.17) is 9.57 Å².